The highest BCUT2D eigenvalue weighted by Gasteiger charge is 2.16. The van der Waals surface area contributed by atoms with Gasteiger partial charge in [-0.25, -0.2) is 0 Å². The number of rotatable bonds is 1. The van der Waals surface area contributed by atoms with Crippen LogP contribution in [0.4, 0.5) is 0 Å². The highest BCUT2D eigenvalue weighted by molar-refractivity contribution is 5.85. The summed E-state index contributed by atoms with van der Waals surface area (Å²) < 4.78 is 0. The lowest BCUT2D eigenvalue weighted by atomic mass is 9.97. The Balaban J connectivity index is 2.13. The summed E-state index contributed by atoms with van der Waals surface area (Å²) in [5.41, 5.74) is 7.01. The van der Waals surface area contributed by atoms with Crippen LogP contribution in [0.5, 0.6) is 0 Å². The third-order valence-electron chi connectivity index (χ3n) is 3.30. The van der Waals surface area contributed by atoms with E-state index in [4.69, 9.17) is 0 Å². The number of allylic oxidation sites excluding steroid dienone is 1. The van der Waals surface area contributed by atoms with Crippen molar-refractivity contribution in [1.82, 2.24) is 0 Å². The Morgan fingerprint density at radius 1 is 0.875 bits per heavy atom. The quantitative estimate of drug-likeness (QED) is 0.662. The van der Waals surface area contributed by atoms with E-state index >= 15 is 0 Å². The Morgan fingerprint density at radius 3 is 2.50 bits per heavy atom. The first-order chi connectivity index (χ1) is 7.86. The van der Waals surface area contributed by atoms with Crippen molar-refractivity contribution < 1.29 is 0 Å². The second-order valence-electron chi connectivity index (χ2n) is 4.29. The summed E-state index contributed by atoms with van der Waals surface area (Å²) in [6.45, 7) is 2.20. The molecule has 0 N–H and O–H groups in total. The zero-order chi connectivity index (χ0) is 11.0. The van der Waals surface area contributed by atoms with Crippen LogP contribution in [0, 0.1) is 6.92 Å². The van der Waals surface area contributed by atoms with Gasteiger partial charge in [-0.3, -0.25) is 0 Å². The van der Waals surface area contributed by atoms with Crippen LogP contribution in [0.3, 0.4) is 0 Å². The molecule has 16 heavy (non-hydrogen) atoms. The summed E-state index contributed by atoms with van der Waals surface area (Å²) in [4.78, 5) is 0. The Bertz CT molecular complexity index is 548. The summed E-state index contributed by atoms with van der Waals surface area (Å²) in [5, 5.41) is 0. The zero-order valence-electron chi connectivity index (χ0n) is 9.40. The highest BCUT2D eigenvalue weighted by Crippen LogP contribution is 2.33. The molecule has 0 heteroatoms. The summed E-state index contributed by atoms with van der Waals surface area (Å²) in [7, 11) is 0. The Morgan fingerprint density at radius 2 is 1.69 bits per heavy atom. The van der Waals surface area contributed by atoms with Gasteiger partial charge in [0.1, 0.15) is 0 Å². The first kappa shape index (κ1) is 9.41. The van der Waals surface area contributed by atoms with E-state index in [1.807, 2.05) is 0 Å². The van der Waals surface area contributed by atoms with Crippen molar-refractivity contribution in [3.63, 3.8) is 0 Å². The average Bonchev–Trinajstić information content (AvgIpc) is 2.75. The minimum atomic E-state index is 1.08. The lowest BCUT2D eigenvalue weighted by Crippen LogP contribution is -1.89. The van der Waals surface area contributed by atoms with Crippen LogP contribution in [-0.2, 0) is 6.42 Å². The predicted molar refractivity (Wildman–Crippen MR) is 68.4 cm³/mol. The molecule has 0 atom stereocenters. The smallest absolute Gasteiger partial charge is 0.00792 e. The fourth-order valence-electron chi connectivity index (χ4n) is 2.43. The molecule has 78 valence electrons. The molecule has 0 saturated heterocycles. The van der Waals surface area contributed by atoms with Crippen LogP contribution in [0.2, 0.25) is 0 Å². The molecule has 0 fully saturated rings. The van der Waals surface area contributed by atoms with E-state index in [-0.39, 0.29) is 0 Å². The monoisotopic (exact) mass is 206 g/mol. The Kier molecular flexibility index (Phi) is 2.14. The van der Waals surface area contributed by atoms with Gasteiger partial charge in [0.05, 0.1) is 0 Å². The van der Waals surface area contributed by atoms with Gasteiger partial charge in [-0.15, -0.1) is 0 Å². The van der Waals surface area contributed by atoms with E-state index in [2.05, 4.69) is 61.5 Å². The molecule has 0 bridgehead atoms. The molecule has 0 spiro atoms. The number of fused-ring (bicyclic) bond motifs is 1. The van der Waals surface area contributed by atoms with Crippen LogP contribution in [-0.4, -0.2) is 0 Å². The minimum Gasteiger partial charge on any atom is -0.0716 e. The third-order valence-corrected chi connectivity index (χ3v) is 3.30. The molecular formula is C16H14. The summed E-state index contributed by atoms with van der Waals surface area (Å²) >= 11 is 0. The summed E-state index contributed by atoms with van der Waals surface area (Å²) in [6.07, 6.45) is 3.42. The molecular weight excluding hydrogens is 192 g/mol. The number of hydrogen-bond donors (Lipinski definition) is 0. The van der Waals surface area contributed by atoms with E-state index in [1.165, 1.54) is 27.8 Å². The molecule has 2 aromatic rings. The fraction of sp³-hybridized carbons (Fsp3) is 0.125. The summed E-state index contributed by atoms with van der Waals surface area (Å²) in [6, 6.07) is 17.2. The first-order valence-electron chi connectivity index (χ1n) is 5.71. The number of hydrogen-bond acceptors (Lipinski definition) is 0. The molecule has 0 radical (unpaired) electrons. The zero-order valence-corrected chi connectivity index (χ0v) is 9.40. The van der Waals surface area contributed by atoms with E-state index in [0.717, 1.165) is 6.42 Å². The maximum atomic E-state index is 2.34. The van der Waals surface area contributed by atoms with Gasteiger partial charge in [0.2, 0.25) is 0 Å². The maximum absolute atomic E-state index is 2.34. The molecule has 0 unspecified atom stereocenters. The van der Waals surface area contributed by atoms with Gasteiger partial charge in [0, 0.05) is 0 Å². The van der Waals surface area contributed by atoms with Gasteiger partial charge < -0.3 is 0 Å². The van der Waals surface area contributed by atoms with Crippen LogP contribution >= 0.6 is 0 Å². The van der Waals surface area contributed by atoms with Gasteiger partial charge in [0.15, 0.2) is 0 Å². The fourth-order valence-corrected chi connectivity index (χ4v) is 2.43. The second kappa shape index (κ2) is 3.64. The molecule has 2 aromatic carbocycles. The normalized spacial score (nSPS) is 13.4. The molecule has 0 nitrogen and oxygen atoms in total. The van der Waals surface area contributed by atoms with Crippen molar-refractivity contribution in [2.75, 3.05) is 0 Å². The topological polar surface area (TPSA) is 0 Å². The first-order valence-corrected chi connectivity index (χ1v) is 5.71. The van der Waals surface area contributed by atoms with Crippen molar-refractivity contribution in [1.29, 1.82) is 0 Å². The van der Waals surface area contributed by atoms with Gasteiger partial charge >= 0.3 is 0 Å². The third kappa shape index (κ3) is 1.38. The van der Waals surface area contributed by atoms with E-state index in [9.17, 15) is 0 Å². The average molecular weight is 206 g/mol. The molecule has 3 rings (SSSR count). The molecule has 0 amide bonds. The predicted octanol–water partition coefficient (Wildman–Crippen LogP) is 3.98. The SMILES string of the molecule is Cc1cccc2c1CC=C2c1ccccc1. The van der Waals surface area contributed by atoms with Crippen molar-refractivity contribution in [2.24, 2.45) is 0 Å². The molecule has 1 aliphatic rings. The van der Waals surface area contributed by atoms with E-state index < -0.39 is 0 Å². The molecule has 0 saturated carbocycles. The second-order valence-corrected chi connectivity index (χ2v) is 4.29. The Hall–Kier alpha value is -1.82. The molecule has 0 aromatic heterocycles. The van der Waals surface area contributed by atoms with Crippen molar-refractivity contribution >= 4 is 5.57 Å². The lowest BCUT2D eigenvalue weighted by molar-refractivity contribution is 1.24. The lowest BCUT2D eigenvalue weighted by Gasteiger charge is -2.07. The maximum Gasteiger partial charge on any atom is -0.00792 e. The molecule has 0 heterocycles. The van der Waals surface area contributed by atoms with Crippen molar-refractivity contribution in [3.8, 4) is 0 Å². The Labute approximate surface area is 96.3 Å². The number of benzene rings is 2. The van der Waals surface area contributed by atoms with Crippen molar-refractivity contribution in [3.05, 3.63) is 76.9 Å². The highest BCUT2D eigenvalue weighted by atomic mass is 14.2. The van der Waals surface area contributed by atoms with Crippen LogP contribution in [0.1, 0.15) is 22.3 Å². The number of aryl methyl sites for hydroxylation is 1. The van der Waals surface area contributed by atoms with E-state index in [0.29, 0.717) is 0 Å². The van der Waals surface area contributed by atoms with Crippen LogP contribution in [0.15, 0.2) is 54.6 Å². The van der Waals surface area contributed by atoms with Crippen LogP contribution < -0.4 is 0 Å². The van der Waals surface area contributed by atoms with Crippen LogP contribution in [0.25, 0.3) is 5.57 Å². The van der Waals surface area contributed by atoms with Gasteiger partial charge in [-0.1, -0.05) is 54.6 Å². The molecule has 1 aliphatic carbocycles. The minimum absolute atomic E-state index is 1.08. The molecule has 0 aliphatic heterocycles. The van der Waals surface area contributed by atoms with E-state index in [1.54, 1.807) is 0 Å². The van der Waals surface area contributed by atoms with Crippen molar-refractivity contribution in [2.45, 2.75) is 13.3 Å². The van der Waals surface area contributed by atoms with Gasteiger partial charge in [-0.05, 0) is 41.2 Å². The van der Waals surface area contributed by atoms with Gasteiger partial charge in [-0.2, -0.15) is 0 Å². The largest absolute Gasteiger partial charge is 0.0716 e. The summed E-state index contributed by atoms with van der Waals surface area (Å²) in [5.74, 6) is 0. The standard InChI is InChI=1S/C16H14/c1-12-6-5-9-16-14(12)10-11-15(16)13-7-3-2-4-8-13/h2-9,11H,10H2,1H3. The van der Waals surface area contributed by atoms with Gasteiger partial charge in [0.25, 0.3) is 0 Å².